The first-order valence-corrected chi connectivity index (χ1v) is 7.69. The SMILES string of the molecule is Cc1cc(Nc2cc(N)cc(S(N)(=O)=O)c2C)ccc1F. The highest BCUT2D eigenvalue weighted by Gasteiger charge is 2.15. The Balaban J connectivity index is 2.49. The van der Waals surface area contributed by atoms with Crippen LogP contribution >= 0.6 is 0 Å². The van der Waals surface area contributed by atoms with Gasteiger partial charge in [-0.1, -0.05) is 0 Å². The highest BCUT2D eigenvalue weighted by Crippen LogP contribution is 2.29. The van der Waals surface area contributed by atoms with Crippen LogP contribution in [0, 0.1) is 19.7 Å². The second kappa shape index (κ2) is 5.34. The molecule has 0 fully saturated rings. The van der Waals surface area contributed by atoms with Gasteiger partial charge in [-0.3, -0.25) is 0 Å². The van der Waals surface area contributed by atoms with Gasteiger partial charge in [-0.2, -0.15) is 0 Å². The van der Waals surface area contributed by atoms with Crippen molar-refractivity contribution >= 4 is 27.1 Å². The lowest BCUT2D eigenvalue weighted by atomic mass is 10.1. The van der Waals surface area contributed by atoms with E-state index in [1.54, 1.807) is 32.0 Å². The fraction of sp³-hybridized carbons (Fsp3) is 0.143. The minimum atomic E-state index is -3.87. The molecule has 0 atom stereocenters. The van der Waals surface area contributed by atoms with Gasteiger partial charge in [0, 0.05) is 17.1 Å². The minimum Gasteiger partial charge on any atom is -0.399 e. The lowest BCUT2D eigenvalue weighted by Gasteiger charge is -2.14. The molecular formula is C14H16FN3O2S. The number of sulfonamides is 1. The normalized spacial score (nSPS) is 11.4. The number of rotatable bonds is 3. The fourth-order valence-corrected chi connectivity index (χ4v) is 2.85. The summed E-state index contributed by atoms with van der Waals surface area (Å²) in [5.74, 6) is -0.310. The quantitative estimate of drug-likeness (QED) is 0.758. The number of benzene rings is 2. The Morgan fingerprint density at radius 1 is 1.14 bits per heavy atom. The third kappa shape index (κ3) is 3.32. The summed E-state index contributed by atoms with van der Waals surface area (Å²) in [6, 6.07) is 7.42. The molecule has 0 radical (unpaired) electrons. The Morgan fingerprint density at radius 2 is 1.81 bits per heavy atom. The largest absolute Gasteiger partial charge is 0.399 e. The van der Waals surface area contributed by atoms with Gasteiger partial charge in [0.2, 0.25) is 10.0 Å². The molecule has 0 aromatic heterocycles. The molecule has 0 saturated carbocycles. The maximum atomic E-state index is 13.3. The summed E-state index contributed by atoms with van der Waals surface area (Å²) in [4.78, 5) is -0.0381. The number of hydrogen-bond acceptors (Lipinski definition) is 4. The van der Waals surface area contributed by atoms with E-state index in [-0.39, 0.29) is 16.4 Å². The van der Waals surface area contributed by atoms with Gasteiger partial charge in [-0.05, 0) is 55.3 Å². The molecule has 7 heteroatoms. The van der Waals surface area contributed by atoms with E-state index >= 15 is 0 Å². The lowest BCUT2D eigenvalue weighted by molar-refractivity contribution is 0.597. The summed E-state index contributed by atoms with van der Waals surface area (Å²) in [6.07, 6.45) is 0. The van der Waals surface area contributed by atoms with Gasteiger partial charge in [0.05, 0.1) is 4.90 Å². The zero-order valence-electron chi connectivity index (χ0n) is 11.6. The number of primary sulfonamides is 1. The predicted octanol–water partition coefficient (Wildman–Crippen LogP) is 2.42. The van der Waals surface area contributed by atoms with Crippen molar-refractivity contribution in [2.45, 2.75) is 18.7 Å². The van der Waals surface area contributed by atoms with Crippen molar-refractivity contribution in [2.75, 3.05) is 11.1 Å². The molecule has 0 saturated heterocycles. The third-order valence-corrected chi connectivity index (χ3v) is 4.16. The Bertz CT molecular complexity index is 804. The molecule has 0 amide bonds. The van der Waals surface area contributed by atoms with Crippen molar-refractivity contribution in [2.24, 2.45) is 5.14 Å². The van der Waals surface area contributed by atoms with E-state index in [1.165, 1.54) is 12.1 Å². The minimum absolute atomic E-state index is 0.0381. The summed E-state index contributed by atoms with van der Waals surface area (Å²) < 4.78 is 36.4. The van der Waals surface area contributed by atoms with Gasteiger partial charge in [0.25, 0.3) is 0 Å². The van der Waals surface area contributed by atoms with Crippen molar-refractivity contribution in [3.63, 3.8) is 0 Å². The molecule has 0 aliphatic carbocycles. The van der Waals surface area contributed by atoms with E-state index < -0.39 is 10.0 Å². The molecule has 2 aromatic rings. The van der Waals surface area contributed by atoms with Crippen LogP contribution in [0.4, 0.5) is 21.5 Å². The van der Waals surface area contributed by atoms with Crippen LogP contribution in [0.2, 0.25) is 0 Å². The second-order valence-corrected chi connectivity index (χ2v) is 6.36. The summed E-state index contributed by atoms with van der Waals surface area (Å²) in [7, 11) is -3.87. The maximum Gasteiger partial charge on any atom is 0.238 e. The molecule has 0 unspecified atom stereocenters. The van der Waals surface area contributed by atoms with Gasteiger partial charge in [-0.25, -0.2) is 17.9 Å². The number of aryl methyl sites for hydroxylation is 1. The first-order valence-electron chi connectivity index (χ1n) is 6.14. The number of nitrogens with two attached hydrogens (primary N) is 2. The molecule has 2 aromatic carbocycles. The van der Waals surface area contributed by atoms with E-state index in [0.717, 1.165) is 0 Å². The zero-order chi connectivity index (χ0) is 15.8. The zero-order valence-corrected chi connectivity index (χ0v) is 12.5. The van der Waals surface area contributed by atoms with Crippen LogP contribution in [0.5, 0.6) is 0 Å². The molecule has 0 aliphatic heterocycles. The van der Waals surface area contributed by atoms with E-state index in [1.807, 2.05) is 0 Å². The smallest absolute Gasteiger partial charge is 0.238 e. The average Bonchev–Trinajstić information content (AvgIpc) is 2.36. The highest BCUT2D eigenvalue weighted by atomic mass is 32.2. The van der Waals surface area contributed by atoms with E-state index in [0.29, 0.717) is 22.5 Å². The summed E-state index contributed by atoms with van der Waals surface area (Å²) in [5, 5.41) is 8.20. The van der Waals surface area contributed by atoms with Gasteiger partial charge in [0.1, 0.15) is 5.82 Å². The monoisotopic (exact) mass is 309 g/mol. The Morgan fingerprint density at radius 3 is 2.38 bits per heavy atom. The Kier molecular flexibility index (Phi) is 3.89. The van der Waals surface area contributed by atoms with Crippen LogP contribution in [-0.4, -0.2) is 8.42 Å². The summed E-state index contributed by atoms with van der Waals surface area (Å²) in [5.41, 5.74) is 8.05. The van der Waals surface area contributed by atoms with Gasteiger partial charge < -0.3 is 11.1 Å². The molecular weight excluding hydrogens is 293 g/mol. The van der Waals surface area contributed by atoms with Crippen LogP contribution in [0.25, 0.3) is 0 Å². The molecule has 112 valence electrons. The van der Waals surface area contributed by atoms with E-state index in [2.05, 4.69) is 5.32 Å². The predicted molar refractivity (Wildman–Crippen MR) is 81.4 cm³/mol. The second-order valence-electron chi connectivity index (χ2n) is 4.83. The molecule has 0 aliphatic rings. The number of halogens is 1. The van der Waals surface area contributed by atoms with Crippen molar-refractivity contribution in [3.8, 4) is 0 Å². The maximum absolute atomic E-state index is 13.3. The van der Waals surface area contributed by atoms with Crippen molar-refractivity contribution < 1.29 is 12.8 Å². The topological polar surface area (TPSA) is 98.2 Å². The lowest BCUT2D eigenvalue weighted by Crippen LogP contribution is -2.15. The van der Waals surface area contributed by atoms with Crippen LogP contribution in [0.15, 0.2) is 35.2 Å². The van der Waals surface area contributed by atoms with Crippen LogP contribution in [-0.2, 0) is 10.0 Å². The number of nitrogens with one attached hydrogen (secondary N) is 1. The van der Waals surface area contributed by atoms with Crippen molar-refractivity contribution in [1.82, 2.24) is 0 Å². The number of anilines is 3. The molecule has 0 bridgehead atoms. The van der Waals surface area contributed by atoms with Crippen molar-refractivity contribution in [1.29, 1.82) is 0 Å². The first-order chi connectivity index (χ1) is 9.68. The standard InChI is InChI=1S/C14H16FN3O2S/c1-8-5-11(3-4-12(8)15)18-13-6-10(16)7-14(9(13)2)21(17,19)20/h3-7,18H,16H2,1-2H3,(H2,17,19,20). The first kappa shape index (κ1) is 15.3. The molecule has 5 nitrogen and oxygen atoms in total. The molecule has 5 N–H and O–H groups in total. The fourth-order valence-electron chi connectivity index (χ4n) is 2.01. The molecule has 2 rings (SSSR count). The van der Waals surface area contributed by atoms with Crippen molar-refractivity contribution in [3.05, 3.63) is 47.3 Å². The average molecular weight is 309 g/mol. The molecule has 0 spiro atoms. The third-order valence-electron chi connectivity index (χ3n) is 3.13. The Labute approximate surface area is 122 Å². The van der Waals surface area contributed by atoms with Gasteiger partial charge >= 0.3 is 0 Å². The van der Waals surface area contributed by atoms with Crippen LogP contribution in [0.1, 0.15) is 11.1 Å². The molecule has 0 heterocycles. The van der Waals surface area contributed by atoms with E-state index in [4.69, 9.17) is 10.9 Å². The Hall–Kier alpha value is -2.12. The summed E-state index contributed by atoms with van der Waals surface area (Å²) >= 11 is 0. The van der Waals surface area contributed by atoms with Crippen LogP contribution < -0.4 is 16.2 Å². The van der Waals surface area contributed by atoms with Gasteiger partial charge in [0.15, 0.2) is 0 Å². The van der Waals surface area contributed by atoms with E-state index in [9.17, 15) is 12.8 Å². The number of hydrogen-bond donors (Lipinski definition) is 3. The summed E-state index contributed by atoms with van der Waals surface area (Å²) in [6.45, 7) is 3.26. The molecule has 21 heavy (non-hydrogen) atoms. The van der Waals surface area contributed by atoms with Gasteiger partial charge in [-0.15, -0.1) is 0 Å². The highest BCUT2D eigenvalue weighted by molar-refractivity contribution is 7.89. The number of nitrogen functional groups attached to an aromatic ring is 1. The van der Waals surface area contributed by atoms with Crippen LogP contribution in [0.3, 0.4) is 0 Å².